The molecule has 4 nitrogen and oxygen atoms in total. The summed E-state index contributed by atoms with van der Waals surface area (Å²) in [7, 11) is 0. The first kappa shape index (κ1) is 20.0. The quantitative estimate of drug-likeness (QED) is 0.678. The van der Waals surface area contributed by atoms with E-state index in [1.807, 2.05) is 31.2 Å². The number of carbonyl (C=O) groups is 2. The Hall–Kier alpha value is -1.01. The molecule has 1 rings (SSSR count). The number of nitrogens with one attached hydrogen (secondary N) is 2. The molecule has 23 heavy (non-hydrogen) atoms. The van der Waals surface area contributed by atoms with Gasteiger partial charge in [0, 0.05) is 28.4 Å². The topological polar surface area (TPSA) is 58.2 Å². The van der Waals surface area contributed by atoms with Crippen LogP contribution in [-0.2, 0) is 9.59 Å². The minimum absolute atomic E-state index is 0.0354. The number of rotatable bonds is 7. The van der Waals surface area contributed by atoms with Crippen molar-refractivity contribution in [1.82, 2.24) is 5.32 Å². The average molecular weight is 401 g/mol. The van der Waals surface area contributed by atoms with E-state index >= 15 is 0 Å². The summed E-state index contributed by atoms with van der Waals surface area (Å²) in [6, 6.07) is 7.57. The Bertz CT molecular complexity index is 526. The van der Waals surface area contributed by atoms with Crippen LogP contribution in [0.3, 0.4) is 0 Å². The molecule has 1 aromatic carbocycles. The lowest BCUT2D eigenvalue weighted by atomic mass is 9.88. The molecular weight excluding hydrogens is 376 g/mol. The largest absolute Gasteiger partial charge is 0.353 e. The maximum Gasteiger partial charge on any atom is 0.234 e. The Morgan fingerprint density at radius 1 is 1.17 bits per heavy atom. The van der Waals surface area contributed by atoms with Crippen LogP contribution in [0.15, 0.2) is 28.7 Å². The fourth-order valence-corrected chi connectivity index (χ4v) is 2.59. The molecule has 1 unspecified atom stereocenters. The van der Waals surface area contributed by atoms with Crippen LogP contribution in [0, 0.1) is 5.41 Å². The van der Waals surface area contributed by atoms with Gasteiger partial charge in [0.2, 0.25) is 11.8 Å². The third kappa shape index (κ3) is 8.42. The number of halogens is 1. The molecule has 6 heteroatoms. The standard InChI is InChI=1S/C17H25BrN2O2S/c1-12(17(2,3)4)19-15(21)9-10-23-11-16(22)20-14-7-5-13(18)6-8-14/h5-8,12H,9-11H2,1-4H3,(H,19,21)(H,20,22). The van der Waals surface area contributed by atoms with Gasteiger partial charge in [-0.05, 0) is 36.6 Å². The third-order valence-electron chi connectivity index (χ3n) is 3.51. The highest BCUT2D eigenvalue weighted by Gasteiger charge is 2.21. The molecule has 0 radical (unpaired) electrons. The molecule has 0 aliphatic carbocycles. The first-order valence-corrected chi connectivity index (χ1v) is 9.56. The van der Waals surface area contributed by atoms with E-state index in [-0.39, 0.29) is 23.3 Å². The summed E-state index contributed by atoms with van der Waals surface area (Å²) in [5.74, 6) is 0.961. The lowest BCUT2D eigenvalue weighted by Crippen LogP contribution is -2.41. The number of anilines is 1. The molecule has 128 valence electrons. The molecule has 0 aliphatic heterocycles. The SMILES string of the molecule is CC(NC(=O)CCSCC(=O)Nc1ccc(Br)cc1)C(C)(C)C. The van der Waals surface area contributed by atoms with Crippen molar-refractivity contribution in [3.8, 4) is 0 Å². The molecule has 0 fully saturated rings. The molecular formula is C17H25BrN2O2S. The summed E-state index contributed by atoms with van der Waals surface area (Å²) >= 11 is 4.82. The van der Waals surface area contributed by atoms with E-state index in [1.54, 1.807) is 0 Å². The highest BCUT2D eigenvalue weighted by molar-refractivity contribution is 9.10. The van der Waals surface area contributed by atoms with Crippen molar-refractivity contribution in [1.29, 1.82) is 0 Å². The van der Waals surface area contributed by atoms with Gasteiger partial charge in [0.25, 0.3) is 0 Å². The summed E-state index contributed by atoms with van der Waals surface area (Å²) in [4.78, 5) is 23.6. The fourth-order valence-electron chi connectivity index (χ4n) is 1.59. The molecule has 2 N–H and O–H groups in total. The van der Waals surface area contributed by atoms with Crippen molar-refractivity contribution in [3.05, 3.63) is 28.7 Å². The van der Waals surface area contributed by atoms with Crippen molar-refractivity contribution in [2.75, 3.05) is 16.8 Å². The van der Waals surface area contributed by atoms with Gasteiger partial charge < -0.3 is 10.6 Å². The zero-order valence-corrected chi connectivity index (χ0v) is 16.5. The van der Waals surface area contributed by atoms with Crippen molar-refractivity contribution in [2.24, 2.45) is 5.41 Å². The molecule has 1 aromatic rings. The number of hydrogen-bond acceptors (Lipinski definition) is 3. The van der Waals surface area contributed by atoms with Crippen LogP contribution in [0.4, 0.5) is 5.69 Å². The van der Waals surface area contributed by atoms with Crippen LogP contribution in [0.1, 0.15) is 34.1 Å². The van der Waals surface area contributed by atoms with E-state index < -0.39 is 0 Å². The van der Waals surface area contributed by atoms with E-state index in [0.29, 0.717) is 17.9 Å². The third-order valence-corrected chi connectivity index (χ3v) is 5.00. The monoisotopic (exact) mass is 400 g/mol. The van der Waals surface area contributed by atoms with Gasteiger partial charge in [0.15, 0.2) is 0 Å². The molecule has 1 atom stereocenters. The second kappa shape index (κ2) is 9.33. The molecule has 0 aliphatic rings. The van der Waals surface area contributed by atoms with Crippen molar-refractivity contribution in [3.63, 3.8) is 0 Å². The van der Waals surface area contributed by atoms with Crippen LogP contribution in [0.5, 0.6) is 0 Å². The van der Waals surface area contributed by atoms with Crippen LogP contribution < -0.4 is 10.6 Å². The van der Waals surface area contributed by atoms with E-state index in [1.165, 1.54) is 11.8 Å². The molecule has 2 amide bonds. The highest BCUT2D eigenvalue weighted by Crippen LogP contribution is 2.18. The Balaban J connectivity index is 2.20. The average Bonchev–Trinajstić information content (AvgIpc) is 2.45. The molecule has 0 heterocycles. The molecule has 0 spiro atoms. The lowest BCUT2D eigenvalue weighted by molar-refractivity contribution is -0.122. The smallest absolute Gasteiger partial charge is 0.234 e. The van der Waals surface area contributed by atoms with Crippen molar-refractivity contribution in [2.45, 2.75) is 40.2 Å². The number of thioether (sulfide) groups is 1. The van der Waals surface area contributed by atoms with Crippen LogP contribution >= 0.6 is 27.7 Å². The van der Waals surface area contributed by atoms with E-state index in [2.05, 4.69) is 47.3 Å². The summed E-state index contributed by atoms with van der Waals surface area (Å²) in [5.41, 5.74) is 0.823. The van der Waals surface area contributed by atoms with Crippen LogP contribution in [0.2, 0.25) is 0 Å². The first-order valence-electron chi connectivity index (χ1n) is 7.61. The second-order valence-electron chi connectivity index (χ2n) is 6.51. The number of benzene rings is 1. The van der Waals surface area contributed by atoms with Crippen molar-refractivity contribution < 1.29 is 9.59 Å². The Labute approximate surface area is 151 Å². The number of carbonyl (C=O) groups excluding carboxylic acids is 2. The first-order chi connectivity index (χ1) is 10.7. The Kier molecular flexibility index (Phi) is 8.12. The van der Waals surface area contributed by atoms with Gasteiger partial charge in [-0.15, -0.1) is 0 Å². The minimum Gasteiger partial charge on any atom is -0.353 e. The maximum absolute atomic E-state index is 11.8. The normalized spacial score (nSPS) is 12.6. The van der Waals surface area contributed by atoms with Gasteiger partial charge in [-0.1, -0.05) is 36.7 Å². The van der Waals surface area contributed by atoms with Gasteiger partial charge in [-0.25, -0.2) is 0 Å². The summed E-state index contributed by atoms with van der Waals surface area (Å²) in [6.45, 7) is 8.30. The fraction of sp³-hybridized carbons (Fsp3) is 0.529. The minimum atomic E-state index is -0.0548. The molecule has 0 bridgehead atoms. The maximum atomic E-state index is 11.8. The predicted molar refractivity (Wildman–Crippen MR) is 102 cm³/mol. The molecule has 0 saturated heterocycles. The van der Waals surface area contributed by atoms with E-state index in [0.717, 1.165) is 10.2 Å². The van der Waals surface area contributed by atoms with Gasteiger partial charge in [-0.2, -0.15) is 11.8 Å². The van der Waals surface area contributed by atoms with Crippen LogP contribution in [0.25, 0.3) is 0 Å². The molecule has 0 saturated carbocycles. The predicted octanol–water partition coefficient (Wildman–Crippen LogP) is 4.06. The molecule has 0 aromatic heterocycles. The second-order valence-corrected chi connectivity index (χ2v) is 8.53. The van der Waals surface area contributed by atoms with Gasteiger partial charge in [-0.3, -0.25) is 9.59 Å². The Morgan fingerprint density at radius 2 is 1.78 bits per heavy atom. The van der Waals surface area contributed by atoms with E-state index in [9.17, 15) is 9.59 Å². The van der Waals surface area contributed by atoms with E-state index in [4.69, 9.17) is 0 Å². The number of amides is 2. The zero-order valence-electron chi connectivity index (χ0n) is 14.1. The summed E-state index contributed by atoms with van der Waals surface area (Å²) in [5, 5.41) is 5.82. The summed E-state index contributed by atoms with van der Waals surface area (Å²) < 4.78 is 0.973. The lowest BCUT2D eigenvalue weighted by Gasteiger charge is -2.28. The van der Waals surface area contributed by atoms with Crippen LogP contribution in [-0.4, -0.2) is 29.4 Å². The highest BCUT2D eigenvalue weighted by atomic mass is 79.9. The summed E-state index contributed by atoms with van der Waals surface area (Å²) in [6.07, 6.45) is 0.427. The number of hydrogen-bond donors (Lipinski definition) is 2. The zero-order chi connectivity index (χ0) is 17.5. The Morgan fingerprint density at radius 3 is 2.35 bits per heavy atom. The van der Waals surface area contributed by atoms with Gasteiger partial charge >= 0.3 is 0 Å². The van der Waals surface area contributed by atoms with Gasteiger partial charge in [0.1, 0.15) is 0 Å². The van der Waals surface area contributed by atoms with Gasteiger partial charge in [0.05, 0.1) is 5.75 Å². The van der Waals surface area contributed by atoms with Crippen molar-refractivity contribution >= 4 is 45.2 Å².